The SMILES string of the molecule is COc1cc(/C=C/C(=O)c2cccc([N+](=O)[O-])c2)cc(OC)c1OC(F)F. The Morgan fingerprint density at radius 2 is 1.78 bits per heavy atom. The van der Waals surface area contributed by atoms with E-state index in [1.807, 2.05) is 0 Å². The predicted molar refractivity (Wildman–Crippen MR) is 92.6 cm³/mol. The second kappa shape index (κ2) is 8.75. The van der Waals surface area contributed by atoms with Crippen LogP contribution in [0.3, 0.4) is 0 Å². The number of carbonyl (C=O) groups excluding carboxylic acids is 1. The molecule has 0 aromatic heterocycles. The number of halogens is 2. The summed E-state index contributed by atoms with van der Waals surface area (Å²) in [6.45, 7) is -3.07. The number of ether oxygens (including phenoxy) is 3. The fourth-order valence-corrected chi connectivity index (χ4v) is 2.24. The van der Waals surface area contributed by atoms with Crippen molar-refractivity contribution < 1.29 is 32.7 Å². The number of non-ortho nitro benzene ring substituents is 1. The van der Waals surface area contributed by atoms with Gasteiger partial charge in [0.1, 0.15) is 0 Å². The third kappa shape index (κ3) is 5.00. The Kier molecular flexibility index (Phi) is 6.42. The van der Waals surface area contributed by atoms with Crippen LogP contribution in [0.2, 0.25) is 0 Å². The third-order valence-corrected chi connectivity index (χ3v) is 3.46. The van der Waals surface area contributed by atoms with Gasteiger partial charge in [0, 0.05) is 17.7 Å². The molecule has 2 aromatic rings. The van der Waals surface area contributed by atoms with E-state index < -0.39 is 17.3 Å². The van der Waals surface area contributed by atoms with Crippen molar-refractivity contribution in [2.24, 2.45) is 0 Å². The number of methoxy groups -OCH3 is 2. The minimum atomic E-state index is -3.07. The maximum absolute atomic E-state index is 12.5. The highest BCUT2D eigenvalue weighted by atomic mass is 19.3. The second-order valence-electron chi connectivity index (χ2n) is 5.14. The molecule has 142 valence electrons. The molecule has 0 unspecified atom stereocenters. The van der Waals surface area contributed by atoms with E-state index in [1.165, 1.54) is 56.7 Å². The van der Waals surface area contributed by atoms with Gasteiger partial charge in [0.25, 0.3) is 5.69 Å². The first-order valence-corrected chi connectivity index (χ1v) is 7.53. The standard InChI is InChI=1S/C18H15F2NO6/c1-25-15-8-11(9-16(26-2)17(15)27-18(19)20)6-7-14(22)12-4-3-5-13(10-12)21(23)24/h3-10,18H,1-2H3/b7-6+. The molecule has 0 radical (unpaired) electrons. The van der Waals surface area contributed by atoms with E-state index in [-0.39, 0.29) is 28.5 Å². The van der Waals surface area contributed by atoms with Crippen molar-refractivity contribution in [2.75, 3.05) is 14.2 Å². The van der Waals surface area contributed by atoms with Crippen molar-refractivity contribution >= 4 is 17.5 Å². The lowest BCUT2D eigenvalue weighted by atomic mass is 10.1. The molecular weight excluding hydrogens is 364 g/mol. The second-order valence-corrected chi connectivity index (χ2v) is 5.14. The molecule has 2 aromatic carbocycles. The first kappa shape index (κ1) is 19.8. The lowest BCUT2D eigenvalue weighted by Gasteiger charge is -2.14. The fraction of sp³-hybridized carbons (Fsp3) is 0.167. The van der Waals surface area contributed by atoms with Gasteiger partial charge in [-0.15, -0.1) is 0 Å². The van der Waals surface area contributed by atoms with Crippen LogP contribution in [0.1, 0.15) is 15.9 Å². The summed E-state index contributed by atoms with van der Waals surface area (Å²) < 4.78 is 39.6. The summed E-state index contributed by atoms with van der Waals surface area (Å²) >= 11 is 0. The summed E-state index contributed by atoms with van der Waals surface area (Å²) in [6.07, 6.45) is 2.60. The molecule has 0 saturated carbocycles. The number of allylic oxidation sites excluding steroid dienone is 1. The molecule has 0 aliphatic rings. The van der Waals surface area contributed by atoms with Crippen LogP contribution in [0.15, 0.2) is 42.5 Å². The highest BCUT2D eigenvalue weighted by Crippen LogP contribution is 2.39. The van der Waals surface area contributed by atoms with Crippen molar-refractivity contribution in [1.82, 2.24) is 0 Å². The smallest absolute Gasteiger partial charge is 0.387 e. The Morgan fingerprint density at radius 1 is 1.15 bits per heavy atom. The van der Waals surface area contributed by atoms with Crippen LogP contribution >= 0.6 is 0 Å². The number of rotatable bonds is 8. The molecule has 0 aliphatic heterocycles. The summed E-state index contributed by atoms with van der Waals surface area (Å²) in [5.74, 6) is -0.740. The van der Waals surface area contributed by atoms with Crippen LogP contribution in [-0.2, 0) is 0 Å². The average Bonchev–Trinajstić information content (AvgIpc) is 2.66. The number of carbonyl (C=O) groups is 1. The molecule has 27 heavy (non-hydrogen) atoms. The quantitative estimate of drug-likeness (QED) is 0.297. The van der Waals surface area contributed by atoms with E-state index >= 15 is 0 Å². The molecule has 0 amide bonds. The molecule has 0 bridgehead atoms. The molecule has 0 N–H and O–H groups in total. The van der Waals surface area contributed by atoms with Crippen LogP contribution in [-0.4, -0.2) is 31.5 Å². The van der Waals surface area contributed by atoms with Gasteiger partial charge < -0.3 is 14.2 Å². The van der Waals surface area contributed by atoms with Crippen LogP contribution in [0, 0.1) is 10.1 Å². The maximum Gasteiger partial charge on any atom is 0.387 e. The molecule has 0 aliphatic carbocycles. The zero-order valence-electron chi connectivity index (χ0n) is 14.3. The maximum atomic E-state index is 12.5. The van der Waals surface area contributed by atoms with Gasteiger partial charge in [-0.2, -0.15) is 8.78 Å². The van der Waals surface area contributed by atoms with Gasteiger partial charge in [-0.05, 0) is 23.8 Å². The molecule has 0 saturated heterocycles. The van der Waals surface area contributed by atoms with E-state index in [1.54, 1.807) is 0 Å². The number of ketones is 1. The number of benzene rings is 2. The molecule has 0 spiro atoms. The highest BCUT2D eigenvalue weighted by molar-refractivity contribution is 6.07. The molecule has 7 nitrogen and oxygen atoms in total. The van der Waals surface area contributed by atoms with Crippen molar-refractivity contribution in [3.05, 3.63) is 63.7 Å². The van der Waals surface area contributed by atoms with E-state index in [0.717, 1.165) is 6.07 Å². The Hall–Kier alpha value is -3.49. The Balaban J connectivity index is 2.32. The Morgan fingerprint density at radius 3 is 2.30 bits per heavy atom. The van der Waals surface area contributed by atoms with Crippen molar-refractivity contribution in [3.8, 4) is 17.2 Å². The summed E-state index contributed by atoms with van der Waals surface area (Å²) in [6, 6.07) is 8.06. The summed E-state index contributed by atoms with van der Waals surface area (Å²) in [7, 11) is 2.55. The van der Waals surface area contributed by atoms with Gasteiger partial charge in [0.05, 0.1) is 19.1 Å². The van der Waals surface area contributed by atoms with Crippen LogP contribution < -0.4 is 14.2 Å². The molecule has 9 heteroatoms. The molecular formula is C18H15F2NO6. The summed E-state index contributed by atoms with van der Waals surface area (Å²) in [4.78, 5) is 22.4. The van der Waals surface area contributed by atoms with Crippen molar-refractivity contribution in [1.29, 1.82) is 0 Å². The third-order valence-electron chi connectivity index (χ3n) is 3.46. The molecule has 0 fully saturated rings. The van der Waals surface area contributed by atoms with Gasteiger partial charge in [-0.1, -0.05) is 18.2 Å². The number of alkyl halides is 2. The lowest BCUT2D eigenvalue weighted by Crippen LogP contribution is -2.05. The van der Waals surface area contributed by atoms with E-state index in [4.69, 9.17) is 9.47 Å². The largest absolute Gasteiger partial charge is 0.493 e. The van der Waals surface area contributed by atoms with Crippen molar-refractivity contribution in [3.63, 3.8) is 0 Å². The predicted octanol–water partition coefficient (Wildman–Crippen LogP) is 4.11. The average molecular weight is 379 g/mol. The zero-order valence-corrected chi connectivity index (χ0v) is 14.3. The van der Waals surface area contributed by atoms with Crippen LogP contribution in [0.4, 0.5) is 14.5 Å². The molecule has 0 atom stereocenters. The topological polar surface area (TPSA) is 87.9 Å². The normalized spacial score (nSPS) is 10.9. The van der Waals surface area contributed by atoms with E-state index in [2.05, 4.69) is 4.74 Å². The Labute approximate surface area is 152 Å². The van der Waals surface area contributed by atoms with Gasteiger partial charge >= 0.3 is 6.61 Å². The summed E-state index contributed by atoms with van der Waals surface area (Å²) in [5.41, 5.74) is 0.354. The van der Waals surface area contributed by atoms with Gasteiger partial charge in [-0.3, -0.25) is 14.9 Å². The van der Waals surface area contributed by atoms with Gasteiger partial charge in [0.2, 0.25) is 5.75 Å². The first-order chi connectivity index (χ1) is 12.8. The Bertz CT molecular complexity index is 857. The number of hydrogen-bond acceptors (Lipinski definition) is 6. The van der Waals surface area contributed by atoms with Gasteiger partial charge in [0.15, 0.2) is 17.3 Å². The van der Waals surface area contributed by atoms with Crippen LogP contribution in [0.5, 0.6) is 17.2 Å². The van der Waals surface area contributed by atoms with Crippen molar-refractivity contribution in [2.45, 2.75) is 6.61 Å². The number of nitro benzene ring substituents is 1. The number of nitro groups is 1. The van der Waals surface area contributed by atoms with E-state index in [0.29, 0.717) is 5.56 Å². The fourth-order valence-electron chi connectivity index (χ4n) is 2.24. The van der Waals surface area contributed by atoms with Gasteiger partial charge in [-0.25, -0.2) is 0 Å². The lowest BCUT2D eigenvalue weighted by molar-refractivity contribution is -0.384. The monoisotopic (exact) mass is 379 g/mol. The van der Waals surface area contributed by atoms with Crippen LogP contribution in [0.25, 0.3) is 6.08 Å². The number of nitrogens with zero attached hydrogens (tertiary/aromatic N) is 1. The first-order valence-electron chi connectivity index (χ1n) is 7.53. The van der Waals surface area contributed by atoms with E-state index in [9.17, 15) is 23.7 Å². The summed E-state index contributed by atoms with van der Waals surface area (Å²) in [5, 5.41) is 10.8. The molecule has 0 heterocycles. The highest BCUT2D eigenvalue weighted by Gasteiger charge is 2.17. The number of hydrogen-bond donors (Lipinski definition) is 0. The minimum absolute atomic E-state index is 0.00269. The zero-order chi connectivity index (χ0) is 20.0. The minimum Gasteiger partial charge on any atom is -0.493 e. The molecule has 2 rings (SSSR count).